The van der Waals surface area contributed by atoms with E-state index in [1.807, 2.05) is 18.2 Å². The van der Waals surface area contributed by atoms with Gasteiger partial charge in [0.25, 0.3) is 5.91 Å². The van der Waals surface area contributed by atoms with Crippen molar-refractivity contribution in [1.82, 2.24) is 10.2 Å². The van der Waals surface area contributed by atoms with Crippen LogP contribution in [-0.2, 0) is 0 Å². The molecule has 0 spiro atoms. The first-order valence-electron chi connectivity index (χ1n) is 8.09. The van der Waals surface area contributed by atoms with E-state index in [-0.39, 0.29) is 11.9 Å². The number of carbonyl (C=O) groups excluding carboxylic acids is 1. The van der Waals surface area contributed by atoms with Crippen molar-refractivity contribution >= 4 is 28.8 Å². The summed E-state index contributed by atoms with van der Waals surface area (Å²) in [4.78, 5) is 15.4. The minimum absolute atomic E-state index is 0.0778. The molecule has 4 nitrogen and oxygen atoms in total. The van der Waals surface area contributed by atoms with Crippen molar-refractivity contribution in [3.8, 4) is 5.75 Å². The summed E-state index contributed by atoms with van der Waals surface area (Å²) in [6.45, 7) is 2.64. The van der Waals surface area contributed by atoms with Gasteiger partial charge in [-0.05, 0) is 44.1 Å². The Bertz CT molecular complexity index is 698. The molecule has 1 N–H and O–H groups in total. The zero-order valence-electron chi connectivity index (χ0n) is 13.6. The van der Waals surface area contributed by atoms with Gasteiger partial charge in [-0.2, -0.15) is 0 Å². The van der Waals surface area contributed by atoms with Crippen molar-refractivity contribution in [2.24, 2.45) is 0 Å². The molecule has 128 valence electrons. The molecule has 1 unspecified atom stereocenters. The summed E-state index contributed by atoms with van der Waals surface area (Å²) in [6, 6.07) is 11.7. The predicted molar refractivity (Wildman–Crippen MR) is 98.2 cm³/mol. The smallest absolute Gasteiger partial charge is 0.261 e. The molecular formula is C18H21ClN2O2S. The fraction of sp³-hybridized carbons (Fsp3) is 0.389. The highest BCUT2D eigenvalue weighted by molar-refractivity contribution is 7.17. The first-order chi connectivity index (χ1) is 11.7. The fourth-order valence-corrected chi connectivity index (χ4v) is 4.10. The molecule has 1 fully saturated rings. The summed E-state index contributed by atoms with van der Waals surface area (Å²) in [5.41, 5.74) is 1.12. The Morgan fingerprint density at radius 2 is 2.04 bits per heavy atom. The SMILES string of the molecule is COc1ccccc1C(CNC(=O)c1ccc(Cl)s1)N1CCCC1. The summed E-state index contributed by atoms with van der Waals surface area (Å²) in [6.07, 6.45) is 2.39. The molecule has 0 radical (unpaired) electrons. The molecule has 0 aliphatic carbocycles. The second-order valence-electron chi connectivity index (χ2n) is 5.81. The number of halogens is 1. The maximum absolute atomic E-state index is 12.4. The van der Waals surface area contributed by atoms with Gasteiger partial charge in [0.1, 0.15) is 5.75 Å². The molecule has 0 bridgehead atoms. The van der Waals surface area contributed by atoms with E-state index >= 15 is 0 Å². The van der Waals surface area contributed by atoms with Crippen LogP contribution in [0, 0.1) is 0 Å². The zero-order chi connectivity index (χ0) is 16.9. The zero-order valence-corrected chi connectivity index (χ0v) is 15.2. The Morgan fingerprint density at radius 3 is 2.71 bits per heavy atom. The number of rotatable bonds is 6. The number of carbonyl (C=O) groups is 1. The molecule has 2 heterocycles. The lowest BCUT2D eigenvalue weighted by atomic mass is 10.0. The number of hydrogen-bond acceptors (Lipinski definition) is 4. The second-order valence-corrected chi connectivity index (χ2v) is 7.53. The molecule has 1 aliphatic rings. The average molecular weight is 365 g/mol. The molecule has 6 heteroatoms. The Morgan fingerprint density at radius 1 is 1.29 bits per heavy atom. The van der Waals surface area contributed by atoms with Crippen LogP contribution in [0.4, 0.5) is 0 Å². The Balaban J connectivity index is 1.76. The first-order valence-corrected chi connectivity index (χ1v) is 9.29. The van der Waals surface area contributed by atoms with Gasteiger partial charge in [-0.15, -0.1) is 11.3 Å². The van der Waals surface area contributed by atoms with Gasteiger partial charge in [0.15, 0.2) is 0 Å². The van der Waals surface area contributed by atoms with Crippen LogP contribution in [0.3, 0.4) is 0 Å². The first kappa shape index (κ1) is 17.3. The van der Waals surface area contributed by atoms with Gasteiger partial charge in [0.05, 0.1) is 22.4 Å². The van der Waals surface area contributed by atoms with Crippen LogP contribution in [-0.4, -0.2) is 37.6 Å². The van der Waals surface area contributed by atoms with Crippen molar-refractivity contribution in [3.63, 3.8) is 0 Å². The maximum Gasteiger partial charge on any atom is 0.261 e. The number of hydrogen-bond donors (Lipinski definition) is 1. The molecule has 1 aromatic carbocycles. The number of nitrogens with one attached hydrogen (secondary N) is 1. The normalized spacial score (nSPS) is 16.1. The molecule has 24 heavy (non-hydrogen) atoms. The highest BCUT2D eigenvalue weighted by Gasteiger charge is 2.26. The van der Waals surface area contributed by atoms with E-state index in [0.717, 1.165) is 24.4 Å². The van der Waals surface area contributed by atoms with Crippen molar-refractivity contribution in [1.29, 1.82) is 0 Å². The third-order valence-corrected chi connectivity index (χ3v) is 5.56. The largest absolute Gasteiger partial charge is 0.496 e. The lowest BCUT2D eigenvalue weighted by Crippen LogP contribution is -2.36. The Hall–Kier alpha value is -1.56. The van der Waals surface area contributed by atoms with Crippen molar-refractivity contribution in [2.75, 3.05) is 26.7 Å². The number of amides is 1. The van der Waals surface area contributed by atoms with Gasteiger partial charge >= 0.3 is 0 Å². The van der Waals surface area contributed by atoms with E-state index in [1.54, 1.807) is 19.2 Å². The number of methoxy groups -OCH3 is 1. The van der Waals surface area contributed by atoms with E-state index in [2.05, 4.69) is 16.3 Å². The summed E-state index contributed by atoms with van der Waals surface area (Å²) < 4.78 is 6.15. The molecular weight excluding hydrogens is 344 g/mol. The van der Waals surface area contributed by atoms with Crippen molar-refractivity contribution in [3.05, 3.63) is 51.2 Å². The molecule has 1 amide bonds. The summed E-state index contributed by atoms with van der Waals surface area (Å²) in [5, 5.41) is 3.05. The van der Waals surface area contributed by atoms with Crippen LogP contribution in [0.5, 0.6) is 5.75 Å². The minimum Gasteiger partial charge on any atom is -0.496 e. The molecule has 2 aromatic rings. The van der Waals surface area contributed by atoms with Gasteiger partial charge < -0.3 is 10.1 Å². The number of ether oxygens (including phenoxy) is 1. The topological polar surface area (TPSA) is 41.6 Å². The third-order valence-electron chi connectivity index (χ3n) is 4.33. The van der Waals surface area contributed by atoms with Crippen LogP contribution < -0.4 is 10.1 Å². The van der Waals surface area contributed by atoms with E-state index in [4.69, 9.17) is 16.3 Å². The molecule has 1 aromatic heterocycles. The van der Waals surface area contributed by atoms with Gasteiger partial charge in [-0.3, -0.25) is 9.69 Å². The third kappa shape index (κ3) is 3.91. The molecule has 1 atom stereocenters. The number of benzene rings is 1. The standard InChI is InChI=1S/C18H21ClN2O2S/c1-23-15-7-3-2-6-13(15)14(21-10-4-5-11-21)12-20-18(22)16-8-9-17(19)24-16/h2-3,6-9,14H,4-5,10-12H2,1H3,(H,20,22). The van der Waals surface area contributed by atoms with Crippen LogP contribution in [0.15, 0.2) is 36.4 Å². The van der Waals surface area contributed by atoms with Crippen molar-refractivity contribution in [2.45, 2.75) is 18.9 Å². The van der Waals surface area contributed by atoms with Crippen LogP contribution >= 0.6 is 22.9 Å². The van der Waals surface area contributed by atoms with Crippen LogP contribution in [0.25, 0.3) is 0 Å². The van der Waals surface area contributed by atoms with E-state index in [0.29, 0.717) is 15.8 Å². The van der Waals surface area contributed by atoms with E-state index < -0.39 is 0 Å². The molecule has 1 aliphatic heterocycles. The molecule has 0 saturated carbocycles. The Labute approximate surface area is 151 Å². The highest BCUT2D eigenvalue weighted by Crippen LogP contribution is 2.31. The average Bonchev–Trinajstić information content (AvgIpc) is 3.27. The fourth-order valence-electron chi connectivity index (χ4n) is 3.14. The minimum atomic E-state index is -0.0778. The van der Waals surface area contributed by atoms with Gasteiger partial charge in [-0.1, -0.05) is 29.8 Å². The Kier molecular flexibility index (Phi) is 5.76. The maximum atomic E-state index is 12.4. The predicted octanol–water partition coefficient (Wildman–Crippen LogP) is 3.98. The molecule has 3 rings (SSSR count). The van der Waals surface area contributed by atoms with Crippen LogP contribution in [0.2, 0.25) is 4.34 Å². The summed E-state index contributed by atoms with van der Waals surface area (Å²) in [7, 11) is 1.69. The van der Waals surface area contributed by atoms with Gasteiger partial charge in [0, 0.05) is 12.1 Å². The summed E-state index contributed by atoms with van der Waals surface area (Å²) >= 11 is 7.22. The van der Waals surface area contributed by atoms with Gasteiger partial charge in [0.2, 0.25) is 0 Å². The van der Waals surface area contributed by atoms with E-state index in [9.17, 15) is 4.79 Å². The monoisotopic (exact) mass is 364 g/mol. The highest BCUT2D eigenvalue weighted by atomic mass is 35.5. The molecule has 1 saturated heterocycles. The number of likely N-dealkylation sites (tertiary alicyclic amines) is 1. The second kappa shape index (κ2) is 8.01. The quantitative estimate of drug-likeness (QED) is 0.843. The number of para-hydroxylation sites is 1. The van der Waals surface area contributed by atoms with Crippen LogP contribution in [0.1, 0.15) is 34.1 Å². The van der Waals surface area contributed by atoms with E-state index in [1.165, 1.54) is 24.2 Å². The number of thiophene rings is 1. The van der Waals surface area contributed by atoms with Crippen molar-refractivity contribution < 1.29 is 9.53 Å². The number of nitrogens with zero attached hydrogens (tertiary/aromatic N) is 1. The lowest BCUT2D eigenvalue weighted by Gasteiger charge is -2.29. The lowest BCUT2D eigenvalue weighted by molar-refractivity contribution is 0.0941. The summed E-state index contributed by atoms with van der Waals surface area (Å²) in [5.74, 6) is 0.786. The van der Waals surface area contributed by atoms with Gasteiger partial charge in [-0.25, -0.2) is 0 Å².